The molecule has 0 aromatic carbocycles. The number of rotatable bonds is 4. The highest BCUT2D eigenvalue weighted by Crippen LogP contribution is 2.28. The maximum absolute atomic E-state index is 12.2. The van der Waals surface area contributed by atoms with Gasteiger partial charge >= 0.3 is 0 Å². The summed E-state index contributed by atoms with van der Waals surface area (Å²) < 4.78 is 5.26. The first kappa shape index (κ1) is 13.5. The molecule has 2 aromatic rings. The Hall–Kier alpha value is -1.46. The zero-order valence-electron chi connectivity index (χ0n) is 11.1. The smallest absolute Gasteiger partial charge is 0.268 e. The Morgan fingerprint density at radius 3 is 3.10 bits per heavy atom. The third-order valence-corrected chi connectivity index (χ3v) is 4.16. The molecule has 2 aromatic heterocycles. The number of nitrogens with one attached hydrogen (secondary N) is 2. The SMILES string of the molecule is NCCC1CCC(NC(=O)c2cc3oc(Cl)cc3[nH]2)C1. The number of halogens is 1. The van der Waals surface area contributed by atoms with Crippen LogP contribution in [0, 0.1) is 5.92 Å². The van der Waals surface area contributed by atoms with Crippen molar-refractivity contribution in [3.05, 3.63) is 23.0 Å². The lowest BCUT2D eigenvalue weighted by atomic mass is 10.0. The third-order valence-electron chi connectivity index (χ3n) is 3.97. The van der Waals surface area contributed by atoms with Crippen LogP contribution in [0.15, 0.2) is 16.5 Å². The molecular weight excluding hydrogens is 278 g/mol. The molecule has 4 N–H and O–H groups in total. The van der Waals surface area contributed by atoms with Gasteiger partial charge in [-0.3, -0.25) is 4.79 Å². The van der Waals surface area contributed by atoms with E-state index in [2.05, 4.69) is 10.3 Å². The summed E-state index contributed by atoms with van der Waals surface area (Å²) in [5.74, 6) is 0.551. The number of H-pyrrole nitrogens is 1. The van der Waals surface area contributed by atoms with Crippen molar-refractivity contribution >= 4 is 28.6 Å². The number of nitrogens with two attached hydrogens (primary N) is 1. The second-order valence-electron chi connectivity index (χ2n) is 5.44. The monoisotopic (exact) mass is 295 g/mol. The number of fused-ring (bicyclic) bond motifs is 1. The Balaban J connectivity index is 1.63. The first-order valence-corrected chi connectivity index (χ1v) is 7.32. The van der Waals surface area contributed by atoms with E-state index in [0.717, 1.165) is 37.7 Å². The molecule has 0 bridgehead atoms. The topological polar surface area (TPSA) is 84.0 Å². The lowest BCUT2D eigenvalue weighted by Crippen LogP contribution is -2.33. The number of hydrogen-bond donors (Lipinski definition) is 3. The number of aromatic nitrogens is 1. The summed E-state index contributed by atoms with van der Waals surface area (Å²) in [6, 6.07) is 3.60. The van der Waals surface area contributed by atoms with Crippen molar-refractivity contribution in [3.8, 4) is 0 Å². The Morgan fingerprint density at radius 1 is 1.50 bits per heavy atom. The van der Waals surface area contributed by atoms with Crippen LogP contribution < -0.4 is 11.1 Å². The zero-order valence-corrected chi connectivity index (χ0v) is 11.9. The molecule has 3 rings (SSSR count). The van der Waals surface area contributed by atoms with E-state index in [9.17, 15) is 4.79 Å². The largest absolute Gasteiger partial charge is 0.443 e. The quantitative estimate of drug-likeness (QED) is 0.811. The summed E-state index contributed by atoms with van der Waals surface area (Å²) in [6.45, 7) is 0.721. The van der Waals surface area contributed by atoms with Gasteiger partial charge in [0, 0.05) is 18.2 Å². The standard InChI is InChI=1S/C14H18ClN3O2/c15-13-7-10-12(20-13)6-11(18-10)14(19)17-9-2-1-8(5-9)3-4-16/h6-9,18H,1-5,16H2,(H,17,19). The Morgan fingerprint density at radius 2 is 2.35 bits per heavy atom. The van der Waals surface area contributed by atoms with Gasteiger partial charge in [-0.05, 0) is 49.7 Å². The van der Waals surface area contributed by atoms with E-state index < -0.39 is 0 Å². The van der Waals surface area contributed by atoms with Crippen LogP contribution in [0.3, 0.4) is 0 Å². The Bertz CT molecular complexity index is 587. The van der Waals surface area contributed by atoms with Gasteiger partial charge in [-0.1, -0.05) is 0 Å². The van der Waals surface area contributed by atoms with Crippen LogP contribution in [0.25, 0.3) is 11.1 Å². The average Bonchev–Trinajstić information content (AvgIpc) is 3.04. The molecule has 0 aliphatic heterocycles. The molecule has 1 aliphatic carbocycles. The molecule has 108 valence electrons. The first-order valence-electron chi connectivity index (χ1n) is 6.94. The molecule has 0 radical (unpaired) electrons. The molecule has 1 fully saturated rings. The summed E-state index contributed by atoms with van der Waals surface area (Å²) >= 11 is 5.74. The summed E-state index contributed by atoms with van der Waals surface area (Å²) in [5, 5.41) is 3.38. The van der Waals surface area contributed by atoms with Crippen LogP contribution in [-0.4, -0.2) is 23.5 Å². The number of aromatic amines is 1. The molecule has 5 nitrogen and oxygen atoms in total. The molecule has 0 saturated heterocycles. The maximum atomic E-state index is 12.2. The molecule has 1 saturated carbocycles. The molecule has 1 aliphatic rings. The maximum Gasteiger partial charge on any atom is 0.268 e. The first-order chi connectivity index (χ1) is 9.65. The van der Waals surface area contributed by atoms with Gasteiger partial charge < -0.3 is 20.5 Å². The fourth-order valence-corrected chi connectivity index (χ4v) is 3.17. The van der Waals surface area contributed by atoms with E-state index in [0.29, 0.717) is 22.4 Å². The number of amides is 1. The van der Waals surface area contributed by atoms with Crippen LogP contribution in [-0.2, 0) is 0 Å². The van der Waals surface area contributed by atoms with Gasteiger partial charge in [0.05, 0.1) is 5.52 Å². The van der Waals surface area contributed by atoms with Crippen molar-refractivity contribution in [2.24, 2.45) is 11.7 Å². The van der Waals surface area contributed by atoms with E-state index in [4.69, 9.17) is 21.8 Å². The third kappa shape index (κ3) is 2.69. The van der Waals surface area contributed by atoms with Crippen molar-refractivity contribution in [3.63, 3.8) is 0 Å². The second-order valence-corrected chi connectivity index (χ2v) is 5.81. The Labute approximate surface area is 121 Å². The van der Waals surface area contributed by atoms with Crippen LogP contribution in [0.5, 0.6) is 0 Å². The van der Waals surface area contributed by atoms with Gasteiger partial charge in [0.25, 0.3) is 5.91 Å². The zero-order chi connectivity index (χ0) is 14.1. The van der Waals surface area contributed by atoms with Crippen LogP contribution >= 0.6 is 11.6 Å². The van der Waals surface area contributed by atoms with Crippen LogP contribution in [0.1, 0.15) is 36.2 Å². The molecule has 2 unspecified atom stereocenters. The van der Waals surface area contributed by atoms with E-state index in [1.807, 2.05) is 0 Å². The molecule has 0 spiro atoms. The van der Waals surface area contributed by atoms with Gasteiger partial charge in [-0.15, -0.1) is 0 Å². The molecule has 2 atom stereocenters. The number of carbonyl (C=O) groups is 1. The molecule has 1 amide bonds. The van der Waals surface area contributed by atoms with Crippen molar-refractivity contribution in [1.29, 1.82) is 0 Å². The number of furan rings is 1. The van der Waals surface area contributed by atoms with Crippen molar-refractivity contribution in [1.82, 2.24) is 10.3 Å². The van der Waals surface area contributed by atoms with Gasteiger partial charge in [0.15, 0.2) is 10.8 Å². The van der Waals surface area contributed by atoms with E-state index in [1.165, 1.54) is 0 Å². The molecule has 6 heteroatoms. The van der Waals surface area contributed by atoms with Crippen molar-refractivity contribution in [2.45, 2.75) is 31.7 Å². The summed E-state index contributed by atoms with van der Waals surface area (Å²) in [5.41, 5.74) is 7.44. The lowest BCUT2D eigenvalue weighted by molar-refractivity contribution is 0.0933. The summed E-state index contributed by atoms with van der Waals surface area (Å²) in [6.07, 6.45) is 4.23. The van der Waals surface area contributed by atoms with Gasteiger partial charge in [0.2, 0.25) is 0 Å². The van der Waals surface area contributed by atoms with E-state index >= 15 is 0 Å². The minimum Gasteiger partial charge on any atom is -0.443 e. The highest BCUT2D eigenvalue weighted by atomic mass is 35.5. The van der Waals surface area contributed by atoms with Crippen molar-refractivity contribution < 1.29 is 9.21 Å². The summed E-state index contributed by atoms with van der Waals surface area (Å²) in [4.78, 5) is 15.2. The Kier molecular flexibility index (Phi) is 3.72. The van der Waals surface area contributed by atoms with Gasteiger partial charge in [-0.25, -0.2) is 0 Å². The minimum absolute atomic E-state index is 0.0917. The van der Waals surface area contributed by atoms with Crippen LogP contribution in [0.4, 0.5) is 0 Å². The number of hydrogen-bond acceptors (Lipinski definition) is 3. The predicted molar refractivity (Wildman–Crippen MR) is 77.8 cm³/mol. The second kappa shape index (κ2) is 5.50. The summed E-state index contributed by atoms with van der Waals surface area (Å²) in [7, 11) is 0. The fourth-order valence-electron chi connectivity index (χ4n) is 2.98. The lowest BCUT2D eigenvalue weighted by Gasteiger charge is -2.12. The number of carbonyl (C=O) groups excluding carboxylic acids is 1. The van der Waals surface area contributed by atoms with Crippen molar-refractivity contribution in [2.75, 3.05) is 6.54 Å². The molecule has 2 heterocycles. The minimum atomic E-state index is -0.0917. The fraction of sp³-hybridized carbons (Fsp3) is 0.500. The molecule has 20 heavy (non-hydrogen) atoms. The normalized spacial score (nSPS) is 22.5. The highest BCUT2D eigenvalue weighted by Gasteiger charge is 2.26. The average molecular weight is 296 g/mol. The van der Waals surface area contributed by atoms with E-state index in [1.54, 1.807) is 12.1 Å². The molecular formula is C14H18ClN3O2. The predicted octanol–water partition coefficient (Wildman–Crippen LogP) is 2.66. The van der Waals surface area contributed by atoms with Gasteiger partial charge in [-0.2, -0.15) is 0 Å². The van der Waals surface area contributed by atoms with Crippen LogP contribution in [0.2, 0.25) is 5.22 Å². The van der Waals surface area contributed by atoms with Gasteiger partial charge in [0.1, 0.15) is 5.69 Å². The van der Waals surface area contributed by atoms with E-state index in [-0.39, 0.29) is 11.9 Å². The highest BCUT2D eigenvalue weighted by molar-refractivity contribution is 6.29.